The first-order valence-electron chi connectivity index (χ1n) is 6.01. The fourth-order valence-corrected chi connectivity index (χ4v) is 2.75. The van der Waals surface area contributed by atoms with Gasteiger partial charge in [-0.05, 0) is 60.6 Å². The summed E-state index contributed by atoms with van der Waals surface area (Å²) in [6, 6.07) is 4.50. The molecule has 1 aliphatic rings. The van der Waals surface area contributed by atoms with Crippen LogP contribution in [0, 0.1) is 5.82 Å². The summed E-state index contributed by atoms with van der Waals surface area (Å²) in [5, 5.41) is 2.90. The third kappa shape index (κ3) is 3.09. The molecule has 1 amide bonds. The summed E-state index contributed by atoms with van der Waals surface area (Å²) in [5.74, 6) is -0.517. The maximum atomic E-state index is 12.9. The fourth-order valence-electron chi connectivity index (χ4n) is 2.22. The Morgan fingerprint density at radius 1 is 1.61 bits per heavy atom. The molecule has 1 aromatic carbocycles. The van der Waals surface area contributed by atoms with E-state index in [1.807, 2.05) is 0 Å². The number of halogens is 2. The molecule has 0 aromatic heterocycles. The zero-order valence-corrected chi connectivity index (χ0v) is 11.8. The Morgan fingerprint density at radius 2 is 2.39 bits per heavy atom. The van der Waals surface area contributed by atoms with Gasteiger partial charge in [-0.25, -0.2) is 4.39 Å². The monoisotopic (exact) mass is 314 g/mol. The van der Waals surface area contributed by atoms with Gasteiger partial charge in [0.2, 0.25) is 0 Å². The van der Waals surface area contributed by atoms with Crippen LogP contribution in [0.1, 0.15) is 23.2 Å². The summed E-state index contributed by atoms with van der Waals surface area (Å²) in [6.07, 6.45) is 2.29. The molecule has 5 heteroatoms. The molecule has 1 heterocycles. The van der Waals surface area contributed by atoms with Crippen LogP contribution in [0.4, 0.5) is 4.39 Å². The molecule has 1 N–H and O–H groups in total. The number of nitrogens with one attached hydrogen (secondary N) is 1. The summed E-state index contributed by atoms with van der Waals surface area (Å²) in [7, 11) is 2.07. The number of carbonyl (C=O) groups is 1. The van der Waals surface area contributed by atoms with Crippen LogP contribution in [0.2, 0.25) is 0 Å². The van der Waals surface area contributed by atoms with E-state index < -0.39 is 0 Å². The van der Waals surface area contributed by atoms with Crippen molar-refractivity contribution in [1.82, 2.24) is 10.2 Å². The fraction of sp³-hybridized carbons (Fsp3) is 0.462. The summed E-state index contributed by atoms with van der Waals surface area (Å²) in [6.45, 7) is 1.72. The maximum absolute atomic E-state index is 12.9. The van der Waals surface area contributed by atoms with Crippen molar-refractivity contribution in [2.24, 2.45) is 0 Å². The molecular weight excluding hydrogens is 299 g/mol. The quantitative estimate of drug-likeness (QED) is 0.929. The second-order valence-electron chi connectivity index (χ2n) is 4.61. The smallest absolute Gasteiger partial charge is 0.252 e. The van der Waals surface area contributed by atoms with E-state index in [2.05, 4.69) is 33.2 Å². The zero-order valence-electron chi connectivity index (χ0n) is 10.2. The molecule has 0 bridgehead atoms. The molecule has 1 saturated heterocycles. The van der Waals surface area contributed by atoms with Gasteiger partial charge in [0, 0.05) is 17.1 Å². The Labute approximate surface area is 114 Å². The van der Waals surface area contributed by atoms with Gasteiger partial charge in [0.1, 0.15) is 5.82 Å². The summed E-state index contributed by atoms with van der Waals surface area (Å²) >= 11 is 3.20. The SMILES string of the molecule is CN1CCCC1CNC(=O)c1ccc(F)cc1Br. The Hall–Kier alpha value is -0.940. The predicted octanol–water partition coefficient (Wildman–Crippen LogP) is 2.41. The van der Waals surface area contributed by atoms with Crippen LogP contribution in [0.25, 0.3) is 0 Å². The molecule has 18 heavy (non-hydrogen) atoms. The number of carbonyl (C=O) groups excluding carboxylic acids is 1. The van der Waals surface area contributed by atoms with Crippen LogP contribution in [0.3, 0.4) is 0 Å². The van der Waals surface area contributed by atoms with E-state index in [1.54, 1.807) is 0 Å². The molecule has 1 atom stereocenters. The Balaban J connectivity index is 1.95. The minimum absolute atomic E-state index is 0.165. The van der Waals surface area contributed by atoms with E-state index in [0.29, 0.717) is 22.6 Å². The molecule has 0 saturated carbocycles. The van der Waals surface area contributed by atoms with E-state index in [1.165, 1.54) is 24.6 Å². The van der Waals surface area contributed by atoms with Crippen molar-refractivity contribution in [3.63, 3.8) is 0 Å². The average molecular weight is 315 g/mol. The molecule has 1 aromatic rings. The van der Waals surface area contributed by atoms with Crippen molar-refractivity contribution in [1.29, 1.82) is 0 Å². The molecule has 2 rings (SSSR count). The van der Waals surface area contributed by atoms with Crippen molar-refractivity contribution in [2.75, 3.05) is 20.1 Å². The van der Waals surface area contributed by atoms with Gasteiger partial charge in [-0.15, -0.1) is 0 Å². The third-order valence-electron chi connectivity index (χ3n) is 3.35. The van der Waals surface area contributed by atoms with Crippen molar-refractivity contribution in [3.05, 3.63) is 34.1 Å². The first kappa shape index (κ1) is 13.5. The normalized spacial score (nSPS) is 20.1. The molecule has 0 radical (unpaired) electrons. The third-order valence-corrected chi connectivity index (χ3v) is 4.00. The number of likely N-dealkylation sites (tertiary alicyclic amines) is 1. The second-order valence-corrected chi connectivity index (χ2v) is 5.47. The molecule has 1 unspecified atom stereocenters. The minimum Gasteiger partial charge on any atom is -0.350 e. The minimum atomic E-state index is -0.353. The van der Waals surface area contributed by atoms with E-state index >= 15 is 0 Å². The summed E-state index contributed by atoms with van der Waals surface area (Å²) in [4.78, 5) is 14.2. The molecule has 1 fully saturated rings. The largest absolute Gasteiger partial charge is 0.350 e. The van der Waals surface area contributed by atoms with Gasteiger partial charge in [0.25, 0.3) is 5.91 Å². The van der Waals surface area contributed by atoms with Gasteiger partial charge in [0.05, 0.1) is 5.56 Å². The number of rotatable bonds is 3. The number of hydrogen-bond donors (Lipinski definition) is 1. The lowest BCUT2D eigenvalue weighted by atomic mass is 10.2. The topological polar surface area (TPSA) is 32.3 Å². The number of amides is 1. The molecule has 1 aliphatic heterocycles. The highest BCUT2D eigenvalue weighted by molar-refractivity contribution is 9.10. The second kappa shape index (κ2) is 5.80. The lowest BCUT2D eigenvalue weighted by Gasteiger charge is -2.19. The first-order chi connectivity index (χ1) is 8.58. The highest BCUT2D eigenvalue weighted by atomic mass is 79.9. The molecule has 0 spiro atoms. The van der Waals surface area contributed by atoms with E-state index in [4.69, 9.17) is 0 Å². The number of hydrogen-bond acceptors (Lipinski definition) is 2. The molecule has 3 nitrogen and oxygen atoms in total. The number of likely N-dealkylation sites (N-methyl/N-ethyl adjacent to an activating group) is 1. The maximum Gasteiger partial charge on any atom is 0.252 e. The van der Waals surface area contributed by atoms with Gasteiger partial charge < -0.3 is 10.2 Å². The van der Waals surface area contributed by atoms with Gasteiger partial charge in [-0.3, -0.25) is 4.79 Å². The van der Waals surface area contributed by atoms with Crippen LogP contribution in [-0.2, 0) is 0 Å². The highest BCUT2D eigenvalue weighted by Crippen LogP contribution is 2.18. The van der Waals surface area contributed by atoms with Crippen LogP contribution in [0.5, 0.6) is 0 Å². The number of benzene rings is 1. The van der Waals surface area contributed by atoms with Crippen molar-refractivity contribution in [2.45, 2.75) is 18.9 Å². The zero-order chi connectivity index (χ0) is 13.1. The van der Waals surface area contributed by atoms with Crippen LogP contribution >= 0.6 is 15.9 Å². The Kier molecular flexibility index (Phi) is 4.35. The predicted molar refractivity (Wildman–Crippen MR) is 72.1 cm³/mol. The van der Waals surface area contributed by atoms with Gasteiger partial charge in [0.15, 0.2) is 0 Å². The van der Waals surface area contributed by atoms with Crippen molar-refractivity contribution < 1.29 is 9.18 Å². The lowest BCUT2D eigenvalue weighted by Crippen LogP contribution is -2.38. The molecule has 98 valence electrons. The van der Waals surface area contributed by atoms with Crippen LogP contribution in [0.15, 0.2) is 22.7 Å². The van der Waals surface area contributed by atoms with Gasteiger partial charge >= 0.3 is 0 Å². The van der Waals surface area contributed by atoms with Crippen molar-refractivity contribution in [3.8, 4) is 0 Å². The Bertz CT molecular complexity index is 453. The number of nitrogens with zero attached hydrogens (tertiary/aromatic N) is 1. The molecule has 0 aliphatic carbocycles. The van der Waals surface area contributed by atoms with E-state index in [9.17, 15) is 9.18 Å². The first-order valence-corrected chi connectivity index (χ1v) is 6.80. The average Bonchev–Trinajstić information content (AvgIpc) is 2.72. The highest BCUT2D eigenvalue weighted by Gasteiger charge is 2.21. The van der Waals surface area contributed by atoms with Crippen molar-refractivity contribution >= 4 is 21.8 Å². The van der Waals surface area contributed by atoms with E-state index in [0.717, 1.165) is 13.0 Å². The molecular formula is C13H16BrFN2O. The summed E-state index contributed by atoms with van der Waals surface area (Å²) in [5.41, 5.74) is 0.469. The van der Waals surface area contributed by atoms with Crippen LogP contribution < -0.4 is 5.32 Å². The van der Waals surface area contributed by atoms with E-state index in [-0.39, 0.29) is 11.7 Å². The van der Waals surface area contributed by atoms with Gasteiger partial charge in [-0.1, -0.05) is 0 Å². The van der Waals surface area contributed by atoms with Crippen LogP contribution in [-0.4, -0.2) is 37.0 Å². The lowest BCUT2D eigenvalue weighted by molar-refractivity contribution is 0.0943. The summed E-state index contributed by atoms with van der Waals surface area (Å²) < 4.78 is 13.4. The van der Waals surface area contributed by atoms with Gasteiger partial charge in [-0.2, -0.15) is 0 Å². The standard InChI is InChI=1S/C13H16BrFN2O/c1-17-6-2-3-10(17)8-16-13(18)11-5-4-9(15)7-12(11)14/h4-5,7,10H,2-3,6,8H2,1H3,(H,16,18). The Morgan fingerprint density at radius 3 is 3.00 bits per heavy atom.